The van der Waals surface area contributed by atoms with E-state index in [1.807, 2.05) is 11.8 Å². The van der Waals surface area contributed by atoms with Gasteiger partial charge in [0.2, 0.25) is 0 Å². The Balaban J connectivity index is 2.27. The lowest BCUT2D eigenvalue weighted by Crippen LogP contribution is -1.93. The average molecular weight is 215 g/mol. The molecule has 1 aromatic rings. The third-order valence-electron chi connectivity index (χ3n) is 1.94. The Kier molecular flexibility index (Phi) is 5.47. The van der Waals surface area contributed by atoms with Crippen molar-refractivity contribution in [2.75, 3.05) is 11.5 Å². The molecule has 1 nitrogen and oxygen atoms in total. The predicted molar refractivity (Wildman–Crippen MR) is 62.8 cm³/mol. The highest BCUT2D eigenvalue weighted by atomic mass is 32.2. The van der Waals surface area contributed by atoms with E-state index >= 15 is 0 Å². The molecule has 0 aliphatic rings. The molecule has 0 aliphatic heterocycles. The maximum absolute atomic E-state index is 4.41. The van der Waals surface area contributed by atoms with Crippen LogP contribution in [0.1, 0.15) is 31.5 Å². The minimum absolute atomic E-state index is 1.13. The molecule has 0 aliphatic carbocycles. The molecule has 1 aromatic heterocycles. The van der Waals surface area contributed by atoms with Crippen molar-refractivity contribution < 1.29 is 0 Å². The van der Waals surface area contributed by atoms with Crippen LogP contribution in [0.25, 0.3) is 0 Å². The molecule has 0 saturated carbocycles. The van der Waals surface area contributed by atoms with Crippen molar-refractivity contribution in [1.29, 1.82) is 0 Å². The number of thioether (sulfide) groups is 1. The highest BCUT2D eigenvalue weighted by molar-refractivity contribution is 7.99. The number of aromatic nitrogens is 1. The van der Waals surface area contributed by atoms with Gasteiger partial charge >= 0.3 is 0 Å². The summed E-state index contributed by atoms with van der Waals surface area (Å²) in [5.41, 5.74) is 2.78. The maximum Gasteiger partial charge on any atom is 0.0582 e. The molecule has 74 valence electrons. The third-order valence-corrected chi connectivity index (χ3v) is 3.85. The highest BCUT2D eigenvalue weighted by Crippen LogP contribution is 2.14. The Morgan fingerprint density at radius 3 is 2.92 bits per heavy atom. The van der Waals surface area contributed by atoms with E-state index in [2.05, 4.69) is 23.6 Å². The zero-order valence-electron chi connectivity index (χ0n) is 8.38. The molecule has 0 saturated heterocycles. The molecule has 0 amide bonds. The lowest BCUT2D eigenvalue weighted by molar-refractivity contribution is 1.01. The molecular formula is C10H17NS2. The van der Waals surface area contributed by atoms with Crippen molar-refractivity contribution in [3.8, 4) is 0 Å². The van der Waals surface area contributed by atoms with Gasteiger partial charge in [-0.25, -0.2) is 0 Å². The summed E-state index contributed by atoms with van der Waals surface area (Å²) in [7, 11) is 0. The van der Waals surface area contributed by atoms with Crippen LogP contribution < -0.4 is 0 Å². The molecule has 0 bridgehead atoms. The molecule has 0 atom stereocenters. The van der Waals surface area contributed by atoms with Gasteiger partial charge in [-0.05, 0) is 41.4 Å². The molecule has 0 fully saturated rings. The minimum Gasteiger partial charge on any atom is -0.197 e. The Labute approximate surface area is 89.1 Å². The van der Waals surface area contributed by atoms with Gasteiger partial charge in [0.25, 0.3) is 0 Å². The summed E-state index contributed by atoms with van der Waals surface area (Å²) >= 11 is 3.63. The van der Waals surface area contributed by atoms with E-state index in [1.54, 1.807) is 11.5 Å². The molecule has 3 heteroatoms. The van der Waals surface area contributed by atoms with E-state index in [0.29, 0.717) is 0 Å². The van der Waals surface area contributed by atoms with E-state index in [-0.39, 0.29) is 0 Å². The van der Waals surface area contributed by atoms with Crippen molar-refractivity contribution in [2.45, 2.75) is 33.1 Å². The van der Waals surface area contributed by atoms with Gasteiger partial charge in [-0.2, -0.15) is 16.1 Å². The molecule has 0 N–H and O–H groups in total. The maximum atomic E-state index is 4.41. The average Bonchev–Trinajstić information content (AvgIpc) is 2.60. The van der Waals surface area contributed by atoms with E-state index in [4.69, 9.17) is 0 Å². The van der Waals surface area contributed by atoms with Crippen LogP contribution in [0.2, 0.25) is 0 Å². The number of aryl methyl sites for hydroxylation is 2. The normalized spacial score (nSPS) is 10.6. The number of rotatable bonds is 6. The first-order valence-electron chi connectivity index (χ1n) is 4.88. The Bertz CT molecular complexity index is 233. The molecular weight excluding hydrogens is 198 g/mol. The van der Waals surface area contributed by atoms with Crippen LogP contribution in [0.15, 0.2) is 5.38 Å². The van der Waals surface area contributed by atoms with Crippen LogP contribution >= 0.6 is 23.3 Å². The van der Waals surface area contributed by atoms with Gasteiger partial charge in [-0.1, -0.05) is 13.8 Å². The van der Waals surface area contributed by atoms with Crippen molar-refractivity contribution in [3.63, 3.8) is 0 Å². The van der Waals surface area contributed by atoms with Crippen LogP contribution in [0, 0.1) is 0 Å². The van der Waals surface area contributed by atoms with E-state index in [0.717, 1.165) is 12.8 Å². The number of nitrogens with zero attached hydrogens (tertiary/aromatic N) is 1. The fourth-order valence-corrected chi connectivity index (χ4v) is 2.84. The van der Waals surface area contributed by atoms with Gasteiger partial charge in [0.15, 0.2) is 0 Å². The molecule has 0 unspecified atom stereocenters. The second-order valence-corrected chi connectivity index (χ2v) is 4.86. The zero-order chi connectivity index (χ0) is 9.52. The van der Waals surface area contributed by atoms with E-state index in [9.17, 15) is 0 Å². The summed E-state index contributed by atoms with van der Waals surface area (Å²) in [6.07, 6.45) is 3.56. The summed E-state index contributed by atoms with van der Waals surface area (Å²) in [5.74, 6) is 2.51. The summed E-state index contributed by atoms with van der Waals surface area (Å²) in [6.45, 7) is 4.43. The van der Waals surface area contributed by atoms with Crippen LogP contribution in [0.3, 0.4) is 0 Å². The van der Waals surface area contributed by atoms with Gasteiger partial charge in [-0.15, -0.1) is 0 Å². The lowest BCUT2D eigenvalue weighted by atomic mass is 10.2. The topological polar surface area (TPSA) is 12.9 Å². The van der Waals surface area contributed by atoms with Gasteiger partial charge in [-0.3, -0.25) is 0 Å². The fraction of sp³-hybridized carbons (Fsp3) is 0.700. The third kappa shape index (κ3) is 3.69. The monoisotopic (exact) mass is 215 g/mol. The smallest absolute Gasteiger partial charge is 0.0582 e. The second kappa shape index (κ2) is 6.44. The molecule has 0 radical (unpaired) electrons. The molecule has 13 heavy (non-hydrogen) atoms. The summed E-state index contributed by atoms with van der Waals surface area (Å²) in [6, 6.07) is 0. The number of hydrogen-bond donors (Lipinski definition) is 0. The molecule has 1 rings (SSSR count). The van der Waals surface area contributed by atoms with E-state index in [1.165, 1.54) is 29.2 Å². The van der Waals surface area contributed by atoms with Crippen molar-refractivity contribution >= 4 is 23.3 Å². The zero-order valence-corrected chi connectivity index (χ0v) is 10.0. The van der Waals surface area contributed by atoms with Crippen LogP contribution in [0.4, 0.5) is 0 Å². The van der Waals surface area contributed by atoms with Gasteiger partial charge in [0.1, 0.15) is 0 Å². The first kappa shape index (κ1) is 11.1. The van der Waals surface area contributed by atoms with Crippen molar-refractivity contribution in [2.24, 2.45) is 0 Å². The molecule has 1 heterocycles. The molecule has 0 aromatic carbocycles. The highest BCUT2D eigenvalue weighted by Gasteiger charge is 2.02. The number of hydrogen-bond acceptors (Lipinski definition) is 3. The SMILES string of the molecule is CCCSCCc1nscc1CC. The van der Waals surface area contributed by atoms with Crippen LogP contribution in [0.5, 0.6) is 0 Å². The van der Waals surface area contributed by atoms with Gasteiger partial charge in [0, 0.05) is 11.8 Å². The Morgan fingerprint density at radius 2 is 2.23 bits per heavy atom. The van der Waals surface area contributed by atoms with Gasteiger partial charge in [0.05, 0.1) is 5.69 Å². The molecule has 0 spiro atoms. The quantitative estimate of drug-likeness (QED) is 0.675. The first-order chi connectivity index (χ1) is 6.38. The van der Waals surface area contributed by atoms with Crippen LogP contribution in [-0.2, 0) is 12.8 Å². The Hall–Kier alpha value is -0.0200. The fourth-order valence-electron chi connectivity index (χ4n) is 1.19. The van der Waals surface area contributed by atoms with E-state index < -0.39 is 0 Å². The predicted octanol–water partition coefficient (Wildman–Crippen LogP) is 3.39. The second-order valence-electron chi connectivity index (χ2n) is 3.00. The summed E-state index contributed by atoms with van der Waals surface area (Å²) < 4.78 is 4.41. The van der Waals surface area contributed by atoms with Gasteiger partial charge < -0.3 is 0 Å². The van der Waals surface area contributed by atoms with Crippen molar-refractivity contribution in [1.82, 2.24) is 4.37 Å². The standard InChI is InChI=1S/C10H17NS2/c1-3-6-12-7-5-10-9(4-2)8-13-11-10/h8H,3-7H2,1-2H3. The summed E-state index contributed by atoms with van der Waals surface area (Å²) in [4.78, 5) is 0. The lowest BCUT2D eigenvalue weighted by Gasteiger charge is -1.99. The largest absolute Gasteiger partial charge is 0.197 e. The Morgan fingerprint density at radius 1 is 1.38 bits per heavy atom. The van der Waals surface area contributed by atoms with Crippen molar-refractivity contribution in [3.05, 3.63) is 16.6 Å². The first-order valence-corrected chi connectivity index (χ1v) is 6.87. The van der Waals surface area contributed by atoms with Crippen LogP contribution in [-0.4, -0.2) is 15.9 Å². The minimum atomic E-state index is 1.13. The summed E-state index contributed by atoms with van der Waals surface area (Å²) in [5, 5.41) is 2.18.